The third-order valence-corrected chi connectivity index (χ3v) is 6.01. The molecule has 0 bridgehead atoms. The van der Waals surface area contributed by atoms with Gasteiger partial charge in [0.2, 0.25) is 5.79 Å². The molecule has 3 rings (SSSR count). The zero-order valence-corrected chi connectivity index (χ0v) is 16.2. The van der Waals surface area contributed by atoms with E-state index in [1.54, 1.807) is 14.2 Å². The summed E-state index contributed by atoms with van der Waals surface area (Å²) in [5.41, 5.74) is 3.82. The molecule has 0 aromatic heterocycles. The van der Waals surface area contributed by atoms with Crippen molar-refractivity contribution in [2.75, 3.05) is 14.2 Å². The van der Waals surface area contributed by atoms with Crippen LogP contribution in [0.1, 0.15) is 43.9 Å². The molecule has 3 heteroatoms. The number of aliphatic hydroxyl groups is 1. The quantitative estimate of drug-likeness (QED) is 0.624. The van der Waals surface area contributed by atoms with Crippen molar-refractivity contribution < 1.29 is 14.6 Å². The van der Waals surface area contributed by atoms with Crippen molar-refractivity contribution in [1.82, 2.24) is 0 Å². The van der Waals surface area contributed by atoms with Crippen LogP contribution in [0.15, 0.2) is 65.7 Å². The number of benzene rings is 2. The van der Waals surface area contributed by atoms with Gasteiger partial charge in [0, 0.05) is 25.3 Å². The molecule has 0 saturated carbocycles. The van der Waals surface area contributed by atoms with Gasteiger partial charge in [-0.25, -0.2) is 0 Å². The van der Waals surface area contributed by atoms with E-state index < -0.39 is 11.4 Å². The lowest BCUT2D eigenvalue weighted by Crippen LogP contribution is -2.37. The molecule has 3 nitrogen and oxygen atoms in total. The summed E-state index contributed by atoms with van der Waals surface area (Å²) in [6.07, 6.45) is 0.667. The van der Waals surface area contributed by atoms with Crippen LogP contribution in [0.2, 0.25) is 0 Å². The molecule has 2 unspecified atom stereocenters. The SMILES string of the molecule is COC(OC)(c1ccccc1)c1ccccc1C1(O)CC(C)C(C)=C1C. The minimum atomic E-state index is -1.08. The lowest BCUT2D eigenvalue weighted by atomic mass is 9.80. The fraction of sp³-hybridized carbons (Fsp3) is 0.391. The average Bonchev–Trinajstić information content (AvgIpc) is 2.88. The van der Waals surface area contributed by atoms with Crippen molar-refractivity contribution in [2.24, 2.45) is 5.92 Å². The normalized spacial score (nSPS) is 23.5. The Labute approximate surface area is 156 Å². The molecule has 1 aliphatic rings. The highest BCUT2D eigenvalue weighted by Gasteiger charge is 2.46. The lowest BCUT2D eigenvalue weighted by Gasteiger charge is -2.37. The van der Waals surface area contributed by atoms with Gasteiger partial charge in [-0.3, -0.25) is 0 Å². The molecule has 0 saturated heterocycles. The van der Waals surface area contributed by atoms with E-state index in [0.717, 1.165) is 22.3 Å². The van der Waals surface area contributed by atoms with Crippen molar-refractivity contribution in [1.29, 1.82) is 0 Å². The Morgan fingerprint density at radius 2 is 1.54 bits per heavy atom. The standard InChI is InChI=1S/C23H28O3/c1-16-15-22(24,18(3)17(16)2)20-13-9-10-14-21(20)23(25-4,26-5)19-11-7-6-8-12-19/h6-14,16,24H,15H2,1-5H3. The maximum Gasteiger partial charge on any atom is 0.222 e. The third-order valence-electron chi connectivity index (χ3n) is 6.01. The minimum absolute atomic E-state index is 0.337. The first-order valence-corrected chi connectivity index (χ1v) is 9.06. The van der Waals surface area contributed by atoms with Crippen LogP contribution in [0.4, 0.5) is 0 Å². The van der Waals surface area contributed by atoms with E-state index in [0.29, 0.717) is 12.3 Å². The van der Waals surface area contributed by atoms with Crippen molar-refractivity contribution >= 4 is 0 Å². The van der Waals surface area contributed by atoms with Gasteiger partial charge in [0.05, 0.1) is 0 Å². The van der Waals surface area contributed by atoms with Crippen LogP contribution in [0.25, 0.3) is 0 Å². The summed E-state index contributed by atoms with van der Waals surface area (Å²) in [5, 5.41) is 11.7. The maximum absolute atomic E-state index is 11.7. The summed E-state index contributed by atoms with van der Waals surface area (Å²) >= 11 is 0. The Morgan fingerprint density at radius 1 is 0.962 bits per heavy atom. The molecular formula is C23H28O3. The monoisotopic (exact) mass is 352 g/mol. The Kier molecular flexibility index (Phi) is 5.07. The molecule has 0 amide bonds. The van der Waals surface area contributed by atoms with Gasteiger partial charge in [0.25, 0.3) is 0 Å². The van der Waals surface area contributed by atoms with Crippen LogP contribution in [0.5, 0.6) is 0 Å². The molecule has 26 heavy (non-hydrogen) atoms. The summed E-state index contributed by atoms with van der Waals surface area (Å²) < 4.78 is 11.9. The number of hydrogen-bond donors (Lipinski definition) is 1. The smallest absolute Gasteiger partial charge is 0.222 e. The fourth-order valence-corrected chi connectivity index (χ4v) is 4.24. The third kappa shape index (κ3) is 2.71. The summed E-state index contributed by atoms with van der Waals surface area (Å²) in [6, 6.07) is 17.8. The molecule has 2 aromatic rings. The molecule has 138 valence electrons. The second-order valence-corrected chi connectivity index (χ2v) is 7.21. The Hall–Kier alpha value is -1.94. The fourth-order valence-electron chi connectivity index (χ4n) is 4.24. The van der Waals surface area contributed by atoms with E-state index >= 15 is 0 Å². The zero-order valence-electron chi connectivity index (χ0n) is 16.2. The number of ether oxygens (including phenoxy) is 2. The highest BCUT2D eigenvalue weighted by atomic mass is 16.7. The van der Waals surface area contributed by atoms with E-state index in [1.807, 2.05) is 61.5 Å². The van der Waals surface area contributed by atoms with Gasteiger partial charge in [0.15, 0.2) is 0 Å². The Balaban J connectivity index is 2.25. The molecule has 2 atom stereocenters. The Bertz CT molecular complexity index is 805. The molecule has 1 N–H and O–H groups in total. The van der Waals surface area contributed by atoms with Crippen LogP contribution in [-0.4, -0.2) is 19.3 Å². The number of hydrogen-bond acceptors (Lipinski definition) is 3. The average molecular weight is 352 g/mol. The van der Waals surface area contributed by atoms with Crippen molar-refractivity contribution in [3.63, 3.8) is 0 Å². The first-order valence-electron chi connectivity index (χ1n) is 9.06. The second kappa shape index (κ2) is 6.99. The van der Waals surface area contributed by atoms with Crippen LogP contribution in [0.3, 0.4) is 0 Å². The molecular weight excluding hydrogens is 324 g/mol. The first kappa shape index (κ1) is 18.8. The topological polar surface area (TPSA) is 38.7 Å². The highest BCUT2D eigenvalue weighted by molar-refractivity contribution is 5.48. The number of methoxy groups -OCH3 is 2. The van der Waals surface area contributed by atoms with E-state index in [-0.39, 0.29) is 0 Å². The minimum Gasteiger partial charge on any atom is -0.381 e. The molecule has 0 fully saturated rings. The molecule has 0 spiro atoms. The van der Waals surface area contributed by atoms with Gasteiger partial charge in [-0.15, -0.1) is 0 Å². The zero-order chi connectivity index (χ0) is 18.9. The van der Waals surface area contributed by atoms with Crippen LogP contribution < -0.4 is 0 Å². The first-order chi connectivity index (χ1) is 12.4. The van der Waals surface area contributed by atoms with E-state index in [4.69, 9.17) is 9.47 Å². The van der Waals surface area contributed by atoms with Crippen LogP contribution >= 0.6 is 0 Å². The largest absolute Gasteiger partial charge is 0.381 e. The highest BCUT2D eigenvalue weighted by Crippen LogP contribution is 2.49. The predicted molar refractivity (Wildman–Crippen MR) is 104 cm³/mol. The van der Waals surface area contributed by atoms with Crippen LogP contribution in [0, 0.1) is 5.92 Å². The predicted octanol–water partition coefficient (Wildman–Crippen LogP) is 4.74. The van der Waals surface area contributed by atoms with Gasteiger partial charge < -0.3 is 14.6 Å². The van der Waals surface area contributed by atoms with Crippen molar-refractivity contribution in [2.45, 2.75) is 38.6 Å². The lowest BCUT2D eigenvalue weighted by molar-refractivity contribution is -0.185. The van der Waals surface area contributed by atoms with Crippen molar-refractivity contribution in [3.8, 4) is 0 Å². The molecule has 0 heterocycles. The van der Waals surface area contributed by atoms with E-state index in [2.05, 4.69) is 13.8 Å². The summed E-state index contributed by atoms with van der Waals surface area (Å²) in [6.45, 7) is 6.30. The second-order valence-electron chi connectivity index (χ2n) is 7.21. The van der Waals surface area contributed by atoms with Gasteiger partial charge in [-0.1, -0.05) is 67.1 Å². The van der Waals surface area contributed by atoms with Gasteiger partial charge >= 0.3 is 0 Å². The molecule has 2 aromatic carbocycles. The summed E-state index contributed by atoms with van der Waals surface area (Å²) in [4.78, 5) is 0. The maximum atomic E-state index is 11.7. The molecule has 1 aliphatic carbocycles. The van der Waals surface area contributed by atoms with E-state index in [9.17, 15) is 5.11 Å². The Morgan fingerprint density at radius 3 is 2.08 bits per heavy atom. The van der Waals surface area contributed by atoms with Gasteiger partial charge in [-0.05, 0) is 37.3 Å². The van der Waals surface area contributed by atoms with E-state index in [1.165, 1.54) is 5.57 Å². The number of rotatable bonds is 5. The van der Waals surface area contributed by atoms with Crippen LogP contribution in [-0.2, 0) is 20.9 Å². The molecule has 0 radical (unpaired) electrons. The summed E-state index contributed by atoms with van der Waals surface area (Å²) in [5.74, 6) is -0.739. The molecule has 0 aliphatic heterocycles. The van der Waals surface area contributed by atoms with Gasteiger partial charge in [-0.2, -0.15) is 0 Å². The van der Waals surface area contributed by atoms with Crippen molar-refractivity contribution in [3.05, 3.63) is 82.4 Å². The van der Waals surface area contributed by atoms with Gasteiger partial charge in [0.1, 0.15) is 5.60 Å². The summed E-state index contributed by atoms with van der Waals surface area (Å²) in [7, 11) is 3.28. The number of allylic oxidation sites excluding steroid dienone is 1.